The number of carbonyl (C=O) groups excluding carboxylic acids is 1. The third-order valence-electron chi connectivity index (χ3n) is 3.22. The molecule has 0 fully saturated rings. The minimum absolute atomic E-state index is 0.117. The number of aromatic nitrogens is 1. The molecule has 1 aromatic carbocycles. The van der Waals surface area contributed by atoms with Crippen LogP contribution in [0.25, 0.3) is 10.6 Å². The number of aryl methyl sites for hydroxylation is 1. The summed E-state index contributed by atoms with van der Waals surface area (Å²) in [6.45, 7) is 7.29. The first kappa shape index (κ1) is 16.6. The van der Waals surface area contributed by atoms with Crippen LogP contribution in [-0.4, -0.2) is 30.0 Å². The number of benzene rings is 1. The molecule has 4 nitrogen and oxygen atoms in total. The van der Waals surface area contributed by atoms with Gasteiger partial charge in [-0.05, 0) is 44.7 Å². The molecule has 22 heavy (non-hydrogen) atoms. The number of nitrogens with zero attached hydrogens (tertiary/aromatic N) is 1. The van der Waals surface area contributed by atoms with Gasteiger partial charge in [-0.15, -0.1) is 11.3 Å². The molecule has 1 heterocycles. The Morgan fingerprint density at radius 2 is 2.05 bits per heavy atom. The van der Waals surface area contributed by atoms with E-state index in [2.05, 4.69) is 15.6 Å². The zero-order valence-corrected chi connectivity index (χ0v) is 13.8. The van der Waals surface area contributed by atoms with Crippen LogP contribution in [0.15, 0.2) is 24.3 Å². The summed E-state index contributed by atoms with van der Waals surface area (Å²) in [6, 6.07) is 6.34. The predicted octanol–water partition coefficient (Wildman–Crippen LogP) is 2.99. The lowest BCUT2D eigenvalue weighted by Crippen LogP contribution is -2.38. The van der Waals surface area contributed by atoms with E-state index < -0.39 is 0 Å². The van der Waals surface area contributed by atoms with Crippen LogP contribution >= 0.6 is 11.3 Å². The van der Waals surface area contributed by atoms with Crippen LogP contribution in [0.3, 0.4) is 0 Å². The summed E-state index contributed by atoms with van der Waals surface area (Å²) in [4.78, 5) is 17.3. The Labute approximate surface area is 133 Å². The summed E-state index contributed by atoms with van der Waals surface area (Å²) < 4.78 is 13.0. The Morgan fingerprint density at radius 1 is 1.36 bits per heavy atom. The highest BCUT2D eigenvalue weighted by Crippen LogP contribution is 2.27. The summed E-state index contributed by atoms with van der Waals surface area (Å²) in [6.07, 6.45) is 0. The van der Waals surface area contributed by atoms with Gasteiger partial charge >= 0.3 is 0 Å². The molecule has 118 valence electrons. The fraction of sp³-hybridized carbons (Fsp3) is 0.375. The summed E-state index contributed by atoms with van der Waals surface area (Å²) >= 11 is 1.33. The van der Waals surface area contributed by atoms with Gasteiger partial charge in [-0.1, -0.05) is 6.92 Å². The highest BCUT2D eigenvalue weighted by Gasteiger charge is 2.16. The molecule has 0 radical (unpaired) electrons. The number of rotatable bonds is 6. The molecule has 2 rings (SSSR count). The number of thiazole rings is 1. The molecule has 0 unspecified atom stereocenters. The van der Waals surface area contributed by atoms with Crippen molar-refractivity contribution in [1.29, 1.82) is 0 Å². The maximum absolute atomic E-state index is 13.0. The second kappa shape index (κ2) is 7.47. The topological polar surface area (TPSA) is 54.0 Å². The van der Waals surface area contributed by atoms with E-state index in [1.165, 1.54) is 23.5 Å². The van der Waals surface area contributed by atoms with E-state index in [0.29, 0.717) is 17.1 Å². The van der Waals surface area contributed by atoms with Crippen LogP contribution in [0.5, 0.6) is 0 Å². The van der Waals surface area contributed by atoms with Crippen LogP contribution in [-0.2, 0) is 0 Å². The van der Waals surface area contributed by atoms with Crippen molar-refractivity contribution in [2.45, 2.75) is 26.8 Å². The van der Waals surface area contributed by atoms with E-state index in [-0.39, 0.29) is 17.8 Å². The third-order valence-corrected chi connectivity index (χ3v) is 4.42. The normalized spacial score (nSPS) is 12.2. The molecule has 0 aliphatic heterocycles. The van der Waals surface area contributed by atoms with Gasteiger partial charge in [0.1, 0.15) is 15.7 Å². The maximum Gasteiger partial charge on any atom is 0.263 e. The van der Waals surface area contributed by atoms with Crippen molar-refractivity contribution in [2.24, 2.45) is 0 Å². The maximum atomic E-state index is 13.0. The fourth-order valence-electron chi connectivity index (χ4n) is 2.07. The van der Waals surface area contributed by atoms with Gasteiger partial charge in [0.05, 0.1) is 5.69 Å². The van der Waals surface area contributed by atoms with Crippen LogP contribution in [0.4, 0.5) is 4.39 Å². The molecule has 0 spiro atoms. The summed E-state index contributed by atoms with van der Waals surface area (Å²) in [5, 5.41) is 6.87. The molecule has 0 saturated carbocycles. The molecule has 2 aromatic rings. The minimum atomic E-state index is -0.285. The van der Waals surface area contributed by atoms with E-state index >= 15 is 0 Å². The third kappa shape index (κ3) is 4.11. The molecule has 6 heteroatoms. The van der Waals surface area contributed by atoms with Gasteiger partial charge < -0.3 is 10.6 Å². The average molecular weight is 321 g/mol. The van der Waals surface area contributed by atoms with Gasteiger partial charge in [0.2, 0.25) is 0 Å². The first-order valence-electron chi connectivity index (χ1n) is 7.26. The molecular formula is C16H20FN3OS. The molecular weight excluding hydrogens is 301 g/mol. The molecule has 1 amide bonds. The highest BCUT2D eigenvalue weighted by molar-refractivity contribution is 7.17. The van der Waals surface area contributed by atoms with Crippen molar-refractivity contribution in [3.63, 3.8) is 0 Å². The monoisotopic (exact) mass is 321 g/mol. The Kier molecular flexibility index (Phi) is 5.63. The molecule has 1 atom stereocenters. The van der Waals surface area contributed by atoms with Crippen LogP contribution in [0.1, 0.15) is 29.2 Å². The number of carbonyl (C=O) groups is 1. The quantitative estimate of drug-likeness (QED) is 0.860. The van der Waals surface area contributed by atoms with E-state index in [4.69, 9.17) is 0 Å². The van der Waals surface area contributed by atoms with Gasteiger partial charge in [-0.25, -0.2) is 9.37 Å². The van der Waals surface area contributed by atoms with Crippen molar-refractivity contribution in [1.82, 2.24) is 15.6 Å². The van der Waals surface area contributed by atoms with Crippen LogP contribution in [0, 0.1) is 12.7 Å². The van der Waals surface area contributed by atoms with Crippen molar-refractivity contribution in [3.05, 3.63) is 40.7 Å². The lowest BCUT2D eigenvalue weighted by atomic mass is 10.2. The number of halogens is 1. The predicted molar refractivity (Wildman–Crippen MR) is 87.7 cm³/mol. The first-order chi connectivity index (χ1) is 10.5. The number of hydrogen-bond acceptors (Lipinski definition) is 4. The fourth-order valence-corrected chi connectivity index (χ4v) is 3.06. The van der Waals surface area contributed by atoms with Gasteiger partial charge in [-0.3, -0.25) is 4.79 Å². The SMILES string of the molecule is CCN[C@H](C)CNC(=O)c1sc(-c2ccc(F)cc2)nc1C. The minimum Gasteiger partial charge on any atom is -0.350 e. The zero-order chi connectivity index (χ0) is 16.1. The molecule has 0 aliphatic rings. The van der Waals surface area contributed by atoms with Crippen molar-refractivity contribution >= 4 is 17.2 Å². The van der Waals surface area contributed by atoms with Crippen molar-refractivity contribution in [3.8, 4) is 10.6 Å². The summed E-state index contributed by atoms with van der Waals surface area (Å²) in [5.41, 5.74) is 1.51. The molecule has 0 aliphatic carbocycles. The van der Waals surface area contributed by atoms with E-state index in [0.717, 1.165) is 17.1 Å². The number of amides is 1. The Bertz CT molecular complexity index is 639. The lowest BCUT2D eigenvalue weighted by Gasteiger charge is -2.12. The van der Waals surface area contributed by atoms with Gasteiger partial charge in [0.25, 0.3) is 5.91 Å². The van der Waals surface area contributed by atoms with E-state index in [1.807, 2.05) is 20.8 Å². The largest absolute Gasteiger partial charge is 0.350 e. The second-order valence-corrected chi connectivity index (χ2v) is 6.11. The molecule has 0 saturated heterocycles. The van der Waals surface area contributed by atoms with Crippen molar-refractivity contribution in [2.75, 3.05) is 13.1 Å². The summed E-state index contributed by atoms with van der Waals surface area (Å²) in [7, 11) is 0. The highest BCUT2D eigenvalue weighted by atomic mass is 32.1. The van der Waals surface area contributed by atoms with E-state index in [1.54, 1.807) is 12.1 Å². The average Bonchev–Trinajstić information content (AvgIpc) is 2.88. The summed E-state index contributed by atoms with van der Waals surface area (Å²) in [5.74, 6) is -0.402. The number of hydrogen-bond donors (Lipinski definition) is 2. The molecule has 2 N–H and O–H groups in total. The van der Waals surface area contributed by atoms with Crippen LogP contribution < -0.4 is 10.6 Å². The number of likely N-dealkylation sites (N-methyl/N-ethyl adjacent to an activating group) is 1. The van der Waals surface area contributed by atoms with E-state index in [9.17, 15) is 9.18 Å². The second-order valence-electron chi connectivity index (χ2n) is 5.11. The van der Waals surface area contributed by atoms with Crippen LogP contribution in [0.2, 0.25) is 0 Å². The molecule has 1 aromatic heterocycles. The van der Waals surface area contributed by atoms with Crippen molar-refractivity contribution < 1.29 is 9.18 Å². The molecule has 0 bridgehead atoms. The standard InChI is InChI=1S/C16H20FN3OS/c1-4-18-10(2)9-19-15(21)14-11(3)20-16(22-14)12-5-7-13(17)8-6-12/h5-8,10,18H,4,9H2,1-3H3,(H,19,21)/t10-/m1/s1. The van der Waals surface area contributed by atoms with Gasteiger partial charge in [-0.2, -0.15) is 0 Å². The van der Waals surface area contributed by atoms with Gasteiger partial charge in [0.15, 0.2) is 0 Å². The zero-order valence-electron chi connectivity index (χ0n) is 12.9. The Morgan fingerprint density at radius 3 is 2.68 bits per heavy atom. The Hall–Kier alpha value is -1.79. The lowest BCUT2D eigenvalue weighted by molar-refractivity contribution is 0.0953. The number of nitrogens with one attached hydrogen (secondary N) is 2. The first-order valence-corrected chi connectivity index (χ1v) is 8.07. The van der Waals surface area contributed by atoms with Gasteiger partial charge in [0, 0.05) is 18.2 Å². The smallest absolute Gasteiger partial charge is 0.263 e. The Balaban J connectivity index is 2.09.